The largest absolute Gasteiger partial charge is 0.377 e. The van der Waals surface area contributed by atoms with Crippen molar-refractivity contribution in [1.82, 2.24) is 15.5 Å². The van der Waals surface area contributed by atoms with Gasteiger partial charge in [-0.3, -0.25) is 10.2 Å². The van der Waals surface area contributed by atoms with Crippen LogP contribution in [0.1, 0.15) is 55.1 Å². The molecule has 3 aliphatic heterocycles. The molecule has 4 heterocycles. The molecule has 1 aromatic heterocycles. The van der Waals surface area contributed by atoms with E-state index in [4.69, 9.17) is 20.9 Å². The van der Waals surface area contributed by atoms with E-state index >= 15 is 0 Å². The van der Waals surface area contributed by atoms with Crippen molar-refractivity contribution < 1.29 is 19.7 Å². The summed E-state index contributed by atoms with van der Waals surface area (Å²) >= 11 is 1.59. The summed E-state index contributed by atoms with van der Waals surface area (Å²) in [7, 11) is 0. The van der Waals surface area contributed by atoms with E-state index in [9.17, 15) is 10.2 Å². The molecule has 0 spiro atoms. The zero-order valence-corrected chi connectivity index (χ0v) is 20.4. The van der Waals surface area contributed by atoms with Crippen molar-refractivity contribution >= 4 is 11.3 Å². The van der Waals surface area contributed by atoms with Gasteiger partial charge in [0.15, 0.2) is 6.29 Å². The van der Waals surface area contributed by atoms with E-state index < -0.39 is 18.7 Å². The van der Waals surface area contributed by atoms with Crippen LogP contribution in [0, 0.1) is 5.92 Å². The Kier molecular flexibility index (Phi) is 8.01. The van der Waals surface area contributed by atoms with Gasteiger partial charge >= 0.3 is 0 Å². The van der Waals surface area contributed by atoms with Gasteiger partial charge in [-0.1, -0.05) is 44.3 Å². The van der Waals surface area contributed by atoms with Crippen LogP contribution >= 0.6 is 11.3 Å². The fourth-order valence-corrected chi connectivity index (χ4v) is 6.33. The summed E-state index contributed by atoms with van der Waals surface area (Å²) in [5.41, 5.74) is 12.4. The molecule has 5 rings (SSSR count). The van der Waals surface area contributed by atoms with Gasteiger partial charge in [0.2, 0.25) is 0 Å². The van der Waals surface area contributed by atoms with Crippen LogP contribution in [0.5, 0.6) is 0 Å². The van der Waals surface area contributed by atoms with Gasteiger partial charge < -0.3 is 36.5 Å². The van der Waals surface area contributed by atoms with Crippen LogP contribution < -0.4 is 22.1 Å². The zero-order chi connectivity index (χ0) is 23.7. The predicted octanol–water partition coefficient (Wildman–Crippen LogP) is 0.683. The fraction of sp³-hybridized carbons (Fsp3) is 0.750. The van der Waals surface area contributed by atoms with Crippen molar-refractivity contribution in [3.63, 3.8) is 0 Å². The lowest BCUT2D eigenvalue weighted by molar-refractivity contribution is 0.0390. The van der Waals surface area contributed by atoms with Crippen molar-refractivity contribution in [3.8, 4) is 0 Å². The van der Waals surface area contributed by atoms with Gasteiger partial charge in [-0.05, 0) is 29.3 Å². The molecule has 1 aliphatic carbocycles. The lowest BCUT2D eigenvalue weighted by Crippen LogP contribution is -2.49. The second kappa shape index (κ2) is 11.0. The molecule has 5 unspecified atom stereocenters. The van der Waals surface area contributed by atoms with Crippen LogP contribution in [0.4, 0.5) is 0 Å². The highest BCUT2D eigenvalue weighted by molar-refractivity contribution is 7.10. The highest BCUT2D eigenvalue weighted by atomic mass is 32.1. The van der Waals surface area contributed by atoms with Gasteiger partial charge in [-0.25, -0.2) is 0 Å². The molecular weight excluding hydrogens is 454 g/mol. The first-order valence-corrected chi connectivity index (χ1v) is 13.5. The van der Waals surface area contributed by atoms with Gasteiger partial charge in [-0.15, -0.1) is 11.3 Å². The van der Waals surface area contributed by atoms with E-state index in [0.717, 1.165) is 29.3 Å². The number of hydrogen-bond donors (Lipinski definition) is 6. The molecule has 34 heavy (non-hydrogen) atoms. The summed E-state index contributed by atoms with van der Waals surface area (Å²) in [5, 5.41) is 29.3. The number of aliphatic hydroxyl groups excluding tert-OH is 2. The first-order valence-electron chi connectivity index (χ1n) is 12.6. The van der Waals surface area contributed by atoms with Crippen LogP contribution in [-0.2, 0) is 16.0 Å². The molecule has 1 aromatic rings. The Morgan fingerprint density at radius 3 is 2.68 bits per heavy atom. The second-order valence-corrected chi connectivity index (χ2v) is 11.1. The average Bonchev–Trinajstić information content (AvgIpc) is 3.62. The summed E-state index contributed by atoms with van der Waals surface area (Å²) in [6, 6.07) is 2.07. The maximum atomic E-state index is 10.9. The van der Waals surface area contributed by atoms with Gasteiger partial charge in [0.05, 0.1) is 12.2 Å². The Hall–Kier alpha value is -0.920. The summed E-state index contributed by atoms with van der Waals surface area (Å²) in [6.45, 7) is 1.96. The quantitative estimate of drug-likeness (QED) is 0.141. The van der Waals surface area contributed by atoms with Crippen LogP contribution in [0.25, 0.3) is 0 Å². The van der Waals surface area contributed by atoms with E-state index in [2.05, 4.69) is 27.7 Å². The van der Waals surface area contributed by atoms with Gasteiger partial charge in [-0.2, -0.15) is 0 Å². The molecule has 0 bridgehead atoms. The third-order valence-electron chi connectivity index (χ3n) is 7.57. The van der Waals surface area contributed by atoms with E-state index in [0.29, 0.717) is 13.1 Å². The van der Waals surface area contributed by atoms with Gasteiger partial charge in [0.25, 0.3) is 0 Å². The Bertz CT molecular complexity index is 832. The third kappa shape index (κ3) is 6.07. The molecule has 4 aliphatic rings. The monoisotopic (exact) mass is 493 g/mol. The summed E-state index contributed by atoms with van der Waals surface area (Å²) < 4.78 is 11.4. The highest BCUT2D eigenvalue weighted by Gasteiger charge is 2.52. The summed E-state index contributed by atoms with van der Waals surface area (Å²) in [6.07, 6.45) is 9.93. The van der Waals surface area contributed by atoms with E-state index in [1.807, 2.05) is 11.4 Å². The summed E-state index contributed by atoms with van der Waals surface area (Å²) in [4.78, 5) is 3.32. The smallest absolute Gasteiger partial charge is 0.183 e. The van der Waals surface area contributed by atoms with Gasteiger partial charge in [0, 0.05) is 30.6 Å². The second-order valence-electron chi connectivity index (χ2n) is 10.1. The highest BCUT2D eigenvalue weighted by Crippen LogP contribution is 2.37. The van der Waals surface area contributed by atoms with Crippen molar-refractivity contribution in [2.24, 2.45) is 17.4 Å². The maximum absolute atomic E-state index is 10.9. The standard InChI is InChI=1S/C24H39N5O4S/c25-21(26)15-10-16(34-13-15)11-28-22(30)18-7-4-8-29(18)23-20(33-23)17(27-12-19-24(31)32-19)9-14-5-2-1-3-6-14/h4,7,10,13-14,17-24,27-28,30-31H,1-3,5-6,8-9,11-12,25-26H2/t17-,18-,19?,20?,22?,23?,24?/m0/s1. The summed E-state index contributed by atoms with van der Waals surface area (Å²) in [5.74, 6) is 0.721. The molecule has 0 radical (unpaired) electrons. The third-order valence-corrected chi connectivity index (χ3v) is 8.53. The number of nitrogens with one attached hydrogen (secondary N) is 2. The zero-order valence-electron chi connectivity index (χ0n) is 19.6. The van der Waals surface area contributed by atoms with Crippen LogP contribution in [0.2, 0.25) is 0 Å². The average molecular weight is 494 g/mol. The molecule has 10 heteroatoms. The molecule has 0 aromatic carbocycles. The minimum atomic E-state index is -0.708. The van der Waals surface area contributed by atoms with Crippen molar-refractivity contribution in [3.05, 3.63) is 34.0 Å². The first kappa shape index (κ1) is 24.8. The number of ether oxygens (including phenoxy) is 2. The number of nitrogens with two attached hydrogens (primary N) is 2. The van der Waals surface area contributed by atoms with Gasteiger partial charge in [0.1, 0.15) is 24.7 Å². The molecule has 1 saturated carbocycles. The Morgan fingerprint density at radius 2 is 1.97 bits per heavy atom. The number of epoxide rings is 2. The van der Waals surface area contributed by atoms with Crippen molar-refractivity contribution in [1.29, 1.82) is 0 Å². The number of thiophene rings is 1. The maximum Gasteiger partial charge on any atom is 0.183 e. The van der Waals surface area contributed by atoms with Crippen LogP contribution in [-0.4, -0.2) is 71.2 Å². The molecular formula is C24H39N5O4S. The number of aliphatic hydroxyl groups is 2. The topological polar surface area (TPSA) is 145 Å². The molecule has 7 atom stereocenters. The van der Waals surface area contributed by atoms with E-state index in [1.54, 1.807) is 11.3 Å². The molecule has 9 nitrogen and oxygen atoms in total. The molecule has 2 saturated heterocycles. The van der Waals surface area contributed by atoms with Crippen LogP contribution in [0.15, 0.2) is 23.6 Å². The number of rotatable bonds is 12. The Morgan fingerprint density at radius 1 is 1.18 bits per heavy atom. The molecule has 0 amide bonds. The molecule has 8 N–H and O–H groups in total. The Labute approximate surface area is 205 Å². The molecule has 190 valence electrons. The van der Waals surface area contributed by atoms with Crippen LogP contribution in [0.3, 0.4) is 0 Å². The van der Waals surface area contributed by atoms with Crippen molar-refractivity contribution in [2.75, 3.05) is 13.1 Å². The minimum Gasteiger partial charge on any atom is -0.377 e. The van der Waals surface area contributed by atoms with E-state index in [-0.39, 0.29) is 30.5 Å². The van der Waals surface area contributed by atoms with Crippen molar-refractivity contribution in [2.45, 2.75) is 94.3 Å². The fourth-order valence-electron chi connectivity index (χ4n) is 5.45. The normalized spacial score (nSPS) is 33.5. The lowest BCUT2D eigenvalue weighted by Gasteiger charge is -2.29. The number of nitrogens with zero attached hydrogens (tertiary/aromatic N) is 1. The molecule has 3 fully saturated rings. The SMILES string of the molecule is NC(N)c1csc(CNC(O)[C@@H]2C=CCN2C2OC2[C@H](CC2CCCCC2)NCC2OC2O)c1. The predicted molar refractivity (Wildman–Crippen MR) is 130 cm³/mol. The lowest BCUT2D eigenvalue weighted by atomic mass is 9.84. The Balaban J connectivity index is 1.15. The van der Waals surface area contributed by atoms with E-state index in [1.165, 1.54) is 32.1 Å². The first-order chi connectivity index (χ1) is 16.5. The number of hydrogen-bond acceptors (Lipinski definition) is 10. The minimum absolute atomic E-state index is 0.0221.